The fourth-order valence-corrected chi connectivity index (χ4v) is 3.08. The van der Waals surface area contributed by atoms with Crippen molar-refractivity contribution in [2.45, 2.75) is 50.1 Å². The van der Waals surface area contributed by atoms with Crippen LogP contribution in [0.25, 0.3) is 0 Å². The lowest BCUT2D eigenvalue weighted by Gasteiger charge is -2.27. The van der Waals surface area contributed by atoms with Gasteiger partial charge in [-0.2, -0.15) is 0 Å². The Morgan fingerprint density at radius 3 is 2.42 bits per heavy atom. The van der Waals surface area contributed by atoms with Crippen LogP contribution in [0.1, 0.15) is 50.1 Å². The summed E-state index contributed by atoms with van der Waals surface area (Å²) < 4.78 is 0. The molecule has 19 heavy (non-hydrogen) atoms. The summed E-state index contributed by atoms with van der Waals surface area (Å²) in [6.07, 6.45) is 6.21. The van der Waals surface area contributed by atoms with Gasteiger partial charge in [0.15, 0.2) is 0 Å². The summed E-state index contributed by atoms with van der Waals surface area (Å²) in [6, 6.07) is 10.4. The molecule has 1 aromatic rings. The van der Waals surface area contributed by atoms with Crippen LogP contribution in [0.5, 0.6) is 0 Å². The van der Waals surface area contributed by atoms with Crippen LogP contribution >= 0.6 is 0 Å². The third kappa shape index (κ3) is 2.66. The maximum absolute atomic E-state index is 12.4. The lowest BCUT2D eigenvalue weighted by molar-refractivity contribution is -0.127. The van der Waals surface area contributed by atoms with E-state index >= 15 is 0 Å². The van der Waals surface area contributed by atoms with E-state index < -0.39 is 5.54 Å². The summed E-state index contributed by atoms with van der Waals surface area (Å²) in [4.78, 5) is 12.4. The van der Waals surface area contributed by atoms with Gasteiger partial charge in [0, 0.05) is 0 Å². The van der Waals surface area contributed by atoms with Gasteiger partial charge in [-0.15, -0.1) is 0 Å². The van der Waals surface area contributed by atoms with Gasteiger partial charge in [-0.05, 0) is 37.2 Å². The Morgan fingerprint density at radius 2 is 1.84 bits per heavy atom. The van der Waals surface area contributed by atoms with Crippen LogP contribution in [0.2, 0.25) is 0 Å². The molecule has 2 saturated carbocycles. The second kappa shape index (κ2) is 4.97. The van der Waals surface area contributed by atoms with Crippen LogP contribution in [0.4, 0.5) is 0 Å². The minimum absolute atomic E-state index is 0.0470. The molecule has 3 rings (SSSR count). The number of carbonyl (C=O) groups is 1. The maximum Gasteiger partial charge on any atom is 0.240 e. The predicted molar refractivity (Wildman–Crippen MR) is 75.4 cm³/mol. The molecule has 3 heteroatoms. The molecule has 0 spiro atoms. The van der Waals surface area contributed by atoms with Crippen LogP contribution in [0, 0.1) is 5.92 Å². The van der Waals surface area contributed by atoms with Gasteiger partial charge >= 0.3 is 0 Å². The molecule has 1 aromatic carbocycles. The molecule has 102 valence electrons. The van der Waals surface area contributed by atoms with Crippen LogP contribution in [-0.4, -0.2) is 11.4 Å². The predicted octanol–water partition coefficient (Wildman–Crippen LogP) is 2.53. The smallest absolute Gasteiger partial charge is 0.240 e. The van der Waals surface area contributed by atoms with Gasteiger partial charge in [-0.3, -0.25) is 4.79 Å². The van der Waals surface area contributed by atoms with Crippen molar-refractivity contribution >= 4 is 5.91 Å². The minimum Gasteiger partial charge on any atom is -0.347 e. The lowest BCUT2D eigenvalue weighted by Crippen LogP contribution is -2.52. The average Bonchev–Trinajstić information content (AvgIpc) is 3.18. The first-order chi connectivity index (χ1) is 9.19. The number of hydrogen-bond acceptors (Lipinski definition) is 2. The molecule has 2 fully saturated rings. The molecule has 0 heterocycles. The number of hydrogen-bond donors (Lipinski definition) is 2. The first-order valence-electron chi connectivity index (χ1n) is 7.34. The van der Waals surface area contributed by atoms with Gasteiger partial charge < -0.3 is 11.1 Å². The average molecular weight is 258 g/mol. The normalized spacial score (nSPS) is 23.0. The summed E-state index contributed by atoms with van der Waals surface area (Å²) in [5.74, 6) is 0.641. The number of benzene rings is 1. The van der Waals surface area contributed by atoms with Crippen molar-refractivity contribution in [2.75, 3.05) is 0 Å². The van der Waals surface area contributed by atoms with E-state index in [1.165, 1.54) is 18.4 Å². The molecule has 0 bridgehead atoms. The number of amides is 1. The summed E-state index contributed by atoms with van der Waals surface area (Å²) in [7, 11) is 0. The lowest BCUT2D eigenvalue weighted by atomic mass is 9.95. The van der Waals surface area contributed by atoms with E-state index in [0.29, 0.717) is 5.92 Å². The van der Waals surface area contributed by atoms with Crippen molar-refractivity contribution in [2.24, 2.45) is 11.7 Å². The first-order valence-corrected chi connectivity index (χ1v) is 7.34. The molecule has 0 saturated heterocycles. The van der Waals surface area contributed by atoms with E-state index in [9.17, 15) is 4.79 Å². The topological polar surface area (TPSA) is 55.1 Å². The summed E-state index contributed by atoms with van der Waals surface area (Å²) in [6.45, 7) is 0. The van der Waals surface area contributed by atoms with Crippen LogP contribution in [0.15, 0.2) is 30.3 Å². The molecule has 3 nitrogen and oxygen atoms in total. The van der Waals surface area contributed by atoms with E-state index in [1.807, 2.05) is 18.2 Å². The van der Waals surface area contributed by atoms with E-state index in [4.69, 9.17) is 5.73 Å². The molecular weight excluding hydrogens is 236 g/mol. The summed E-state index contributed by atoms with van der Waals surface area (Å²) in [5, 5.41) is 3.21. The zero-order valence-electron chi connectivity index (χ0n) is 11.3. The highest BCUT2D eigenvalue weighted by Gasteiger charge is 2.40. The fraction of sp³-hybridized carbons (Fsp3) is 0.562. The standard InChI is InChI=1S/C16H22N2O/c17-16(10-4-5-11-16)15(19)18-14(13-8-9-13)12-6-2-1-3-7-12/h1-3,6-7,13-14H,4-5,8-11,17H2,(H,18,19). The molecule has 2 aliphatic rings. The van der Waals surface area contributed by atoms with Crippen LogP contribution < -0.4 is 11.1 Å². The van der Waals surface area contributed by atoms with Gasteiger partial charge in [0.2, 0.25) is 5.91 Å². The molecule has 0 aromatic heterocycles. The minimum atomic E-state index is -0.623. The van der Waals surface area contributed by atoms with Gasteiger partial charge in [-0.25, -0.2) is 0 Å². The maximum atomic E-state index is 12.4. The Bertz CT molecular complexity index is 447. The fourth-order valence-electron chi connectivity index (χ4n) is 3.08. The largest absolute Gasteiger partial charge is 0.347 e. The molecular formula is C16H22N2O. The number of carbonyl (C=O) groups excluding carboxylic acids is 1. The van der Waals surface area contributed by atoms with Crippen molar-refractivity contribution in [3.05, 3.63) is 35.9 Å². The summed E-state index contributed by atoms with van der Waals surface area (Å²) >= 11 is 0. The van der Waals surface area contributed by atoms with Crippen molar-refractivity contribution in [3.63, 3.8) is 0 Å². The summed E-state index contributed by atoms with van der Waals surface area (Å²) in [5.41, 5.74) is 6.82. The van der Waals surface area contributed by atoms with Crippen LogP contribution in [-0.2, 0) is 4.79 Å². The van der Waals surface area contributed by atoms with E-state index in [0.717, 1.165) is 25.7 Å². The molecule has 3 N–H and O–H groups in total. The van der Waals surface area contributed by atoms with Gasteiger partial charge in [0.25, 0.3) is 0 Å². The van der Waals surface area contributed by atoms with E-state index in [-0.39, 0.29) is 11.9 Å². The van der Waals surface area contributed by atoms with Crippen molar-refractivity contribution in [1.82, 2.24) is 5.32 Å². The Morgan fingerprint density at radius 1 is 1.21 bits per heavy atom. The third-order valence-electron chi connectivity index (χ3n) is 4.49. The number of rotatable bonds is 4. The van der Waals surface area contributed by atoms with Crippen LogP contribution in [0.3, 0.4) is 0 Å². The quantitative estimate of drug-likeness (QED) is 0.872. The highest BCUT2D eigenvalue weighted by atomic mass is 16.2. The molecule has 1 unspecified atom stereocenters. The Hall–Kier alpha value is -1.35. The first kappa shape index (κ1) is 12.7. The molecule has 0 radical (unpaired) electrons. The van der Waals surface area contributed by atoms with E-state index in [2.05, 4.69) is 17.4 Å². The highest BCUT2D eigenvalue weighted by molar-refractivity contribution is 5.86. The Labute approximate surface area is 114 Å². The second-order valence-corrected chi connectivity index (χ2v) is 6.06. The molecule has 2 aliphatic carbocycles. The zero-order chi connectivity index (χ0) is 13.3. The van der Waals surface area contributed by atoms with Crippen molar-refractivity contribution in [3.8, 4) is 0 Å². The Balaban J connectivity index is 1.74. The SMILES string of the molecule is NC1(C(=O)NC(c2ccccc2)C2CC2)CCCC1. The number of nitrogens with one attached hydrogen (secondary N) is 1. The molecule has 1 atom stereocenters. The zero-order valence-corrected chi connectivity index (χ0v) is 11.3. The Kier molecular flexibility index (Phi) is 3.31. The van der Waals surface area contributed by atoms with Crippen molar-refractivity contribution in [1.29, 1.82) is 0 Å². The van der Waals surface area contributed by atoms with Gasteiger partial charge in [0.1, 0.15) is 0 Å². The number of nitrogens with two attached hydrogens (primary N) is 1. The van der Waals surface area contributed by atoms with Gasteiger partial charge in [-0.1, -0.05) is 43.2 Å². The third-order valence-corrected chi connectivity index (χ3v) is 4.49. The second-order valence-electron chi connectivity index (χ2n) is 6.06. The molecule has 1 amide bonds. The highest BCUT2D eigenvalue weighted by Crippen LogP contribution is 2.41. The molecule has 0 aliphatic heterocycles. The van der Waals surface area contributed by atoms with E-state index in [1.54, 1.807) is 0 Å². The van der Waals surface area contributed by atoms with Crippen molar-refractivity contribution < 1.29 is 4.79 Å². The van der Waals surface area contributed by atoms with Gasteiger partial charge in [0.05, 0.1) is 11.6 Å². The monoisotopic (exact) mass is 258 g/mol.